The van der Waals surface area contributed by atoms with E-state index in [9.17, 15) is 0 Å². The highest BCUT2D eigenvalue weighted by Crippen LogP contribution is 2.48. The molecule has 0 amide bonds. The summed E-state index contributed by atoms with van der Waals surface area (Å²) >= 11 is 0. The fourth-order valence-electron chi connectivity index (χ4n) is 9.52. The minimum atomic E-state index is 0.152. The van der Waals surface area contributed by atoms with Crippen molar-refractivity contribution >= 4 is 71.5 Å². The van der Waals surface area contributed by atoms with E-state index in [1.807, 2.05) is 0 Å². The molecular formula is C59H44N2. The van der Waals surface area contributed by atoms with Crippen LogP contribution >= 0.6 is 0 Å². The summed E-state index contributed by atoms with van der Waals surface area (Å²) in [6, 6.07) is 78.1. The Hall–Kier alpha value is -7.68. The number of rotatable bonds is 8. The molecule has 2 nitrogen and oxygen atoms in total. The normalized spacial score (nSPS) is 14.8. The van der Waals surface area contributed by atoms with Gasteiger partial charge in [0.2, 0.25) is 0 Å². The summed E-state index contributed by atoms with van der Waals surface area (Å²) in [7, 11) is 0. The van der Waals surface area contributed by atoms with Gasteiger partial charge in [0.15, 0.2) is 0 Å². The van der Waals surface area contributed by atoms with Crippen molar-refractivity contribution in [3.8, 4) is 22.3 Å². The van der Waals surface area contributed by atoms with Crippen LogP contribution in [0.4, 0.5) is 28.4 Å². The Kier molecular flexibility index (Phi) is 9.24. The highest BCUT2D eigenvalue weighted by Gasteiger charge is 2.26. The van der Waals surface area contributed by atoms with Gasteiger partial charge in [-0.1, -0.05) is 171 Å². The molecule has 0 heterocycles. The second kappa shape index (κ2) is 15.5. The van der Waals surface area contributed by atoms with Gasteiger partial charge in [0.25, 0.3) is 0 Å². The Morgan fingerprint density at radius 3 is 1.30 bits per heavy atom. The van der Waals surface area contributed by atoms with E-state index in [4.69, 9.17) is 0 Å². The average Bonchev–Trinajstić information content (AvgIpc) is 3.32. The summed E-state index contributed by atoms with van der Waals surface area (Å²) in [4.78, 5) is 4.90. The second-order valence-corrected chi connectivity index (χ2v) is 16.2. The van der Waals surface area contributed by atoms with E-state index < -0.39 is 0 Å². The monoisotopic (exact) mass is 780 g/mol. The molecule has 2 unspecified atom stereocenters. The first-order valence-corrected chi connectivity index (χ1v) is 21.3. The smallest absolute Gasteiger partial charge is 0.0585 e. The van der Waals surface area contributed by atoms with Crippen LogP contribution in [0, 0.1) is 5.92 Å². The van der Waals surface area contributed by atoms with E-state index in [2.05, 4.69) is 253 Å². The predicted octanol–water partition coefficient (Wildman–Crippen LogP) is 16.4. The van der Waals surface area contributed by atoms with Gasteiger partial charge < -0.3 is 9.80 Å². The van der Waals surface area contributed by atoms with Crippen LogP contribution in [-0.4, -0.2) is 6.04 Å². The van der Waals surface area contributed by atoms with Crippen LogP contribution in [0.5, 0.6) is 0 Å². The van der Waals surface area contributed by atoms with Crippen molar-refractivity contribution < 1.29 is 0 Å². The van der Waals surface area contributed by atoms with Crippen LogP contribution in [0.1, 0.15) is 6.92 Å². The first-order chi connectivity index (χ1) is 30.2. The zero-order valence-corrected chi connectivity index (χ0v) is 34.1. The molecule has 290 valence electrons. The standard InChI is InChI=1S/C59H44N2/c1-41-17-11-16-28-57(41)61(50-26-9-4-10-27-50)52-34-36-54-56(40-52)59(47-32-30-43-19-13-15-21-45(43)38-47)53-35-33-51(60(48-22-5-2-6-23-48)49-24-7-3-8-25-49)39-55(53)58(54)46-31-29-42-18-12-14-20-44(42)37-46/h2-41,57H,1H3. The fraction of sp³-hybridized carbons (Fsp3) is 0.0508. The van der Waals surface area contributed by atoms with Crippen molar-refractivity contribution in [3.63, 3.8) is 0 Å². The number of hydrogen-bond acceptors (Lipinski definition) is 2. The molecular weight excluding hydrogens is 737 g/mol. The van der Waals surface area contributed by atoms with Crippen molar-refractivity contribution in [2.75, 3.05) is 9.80 Å². The van der Waals surface area contributed by atoms with Gasteiger partial charge in [-0.15, -0.1) is 0 Å². The van der Waals surface area contributed by atoms with Gasteiger partial charge >= 0.3 is 0 Å². The molecule has 0 radical (unpaired) electrons. The minimum Gasteiger partial charge on any atom is -0.334 e. The maximum absolute atomic E-state index is 2.52. The quantitative estimate of drug-likeness (QED) is 0.142. The summed E-state index contributed by atoms with van der Waals surface area (Å²) < 4.78 is 0. The third kappa shape index (κ3) is 6.63. The average molecular weight is 781 g/mol. The number of para-hydroxylation sites is 3. The lowest BCUT2D eigenvalue weighted by Gasteiger charge is -2.36. The van der Waals surface area contributed by atoms with Gasteiger partial charge in [0.1, 0.15) is 0 Å². The lowest BCUT2D eigenvalue weighted by atomic mass is 9.84. The molecule has 2 heteroatoms. The Balaban J connectivity index is 1.26. The highest BCUT2D eigenvalue weighted by atomic mass is 15.2. The van der Waals surface area contributed by atoms with Crippen LogP contribution in [0.3, 0.4) is 0 Å². The fourth-order valence-corrected chi connectivity index (χ4v) is 9.52. The summed E-state index contributed by atoms with van der Waals surface area (Å²) in [6.07, 6.45) is 9.04. The number of hydrogen-bond donors (Lipinski definition) is 0. The lowest BCUT2D eigenvalue weighted by molar-refractivity contribution is 0.609. The van der Waals surface area contributed by atoms with Crippen molar-refractivity contribution in [1.82, 2.24) is 0 Å². The number of anilines is 5. The Bertz CT molecular complexity index is 3240. The number of benzene rings is 10. The summed E-state index contributed by atoms with van der Waals surface area (Å²) in [6.45, 7) is 2.32. The van der Waals surface area contributed by atoms with Crippen molar-refractivity contribution in [2.24, 2.45) is 5.92 Å². The lowest BCUT2D eigenvalue weighted by Crippen LogP contribution is -2.35. The summed E-state index contributed by atoms with van der Waals surface area (Å²) in [5.41, 5.74) is 10.5. The van der Waals surface area contributed by atoms with Crippen LogP contribution in [0.2, 0.25) is 0 Å². The number of allylic oxidation sites excluding steroid dienone is 2. The van der Waals surface area contributed by atoms with Gasteiger partial charge in [0, 0.05) is 28.4 Å². The summed E-state index contributed by atoms with van der Waals surface area (Å²) in [5, 5.41) is 9.79. The molecule has 0 saturated carbocycles. The molecule has 0 N–H and O–H groups in total. The van der Waals surface area contributed by atoms with Crippen LogP contribution in [0.25, 0.3) is 65.3 Å². The number of fused-ring (bicyclic) bond motifs is 4. The van der Waals surface area contributed by atoms with Gasteiger partial charge in [-0.2, -0.15) is 0 Å². The van der Waals surface area contributed by atoms with E-state index in [0.29, 0.717) is 5.92 Å². The van der Waals surface area contributed by atoms with Crippen molar-refractivity contribution in [3.05, 3.63) is 237 Å². The molecule has 0 bridgehead atoms. The molecule has 2 atom stereocenters. The molecule has 0 saturated heterocycles. The van der Waals surface area contributed by atoms with Crippen molar-refractivity contribution in [1.29, 1.82) is 0 Å². The molecule has 0 aromatic heterocycles. The molecule has 61 heavy (non-hydrogen) atoms. The zero-order valence-electron chi connectivity index (χ0n) is 34.1. The van der Waals surface area contributed by atoms with E-state index in [-0.39, 0.29) is 6.04 Å². The predicted molar refractivity (Wildman–Crippen MR) is 262 cm³/mol. The van der Waals surface area contributed by atoms with Crippen LogP contribution in [-0.2, 0) is 0 Å². The zero-order chi connectivity index (χ0) is 40.7. The highest BCUT2D eigenvalue weighted by molar-refractivity contribution is 6.23. The van der Waals surface area contributed by atoms with Gasteiger partial charge in [-0.05, 0) is 144 Å². The molecule has 0 fully saturated rings. The molecule has 10 aromatic rings. The molecule has 11 rings (SSSR count). The molecule has 1 aliphatic rings. The third-order valence-corrected chi connectivity index (χ3v) is 12.4. The first-order valence-electron chi connectivity index (χ1n) is 21.3. The van der Waals surface area contributed by atoms with Gasteiger partial charge in [-0.3, -0.25) is 0 Å². The first kappa shape index (κ1) is 36.4. The third-order valence-electron chi connectivity index (χ3n) is 12.4. The van der Waals surface area contributed by atoms with Crippen LogP contribution < -0.4 is 9.80 Å². The molecule has 0 aliphatic heterocycles. The topological polar surface area (TPSA) is 6.48 Å². The van der Waals surface area contributed by atoms with E-state index >= 15 is 0 Å². The minimum absolute atomic E-state index is 0.152. The SMILES string of the molecule is CC1C=CC=CC1N(c1ccccc1)c1ccc2c(-c3ccc4ccccc4c3)c3cc(N(c4ccccc4)c4ccccc4)ccc3c(-c3ccc4ccccc4c3)c2c1. The molecule has 1 aliphatic carbocycles. The van der Waals surface area contributed by atoms with Gasteiger partial charge in [-0.25, -0.2) is 0 Å². The van der Waals surface area contributed by atoms with Crippen LogP contribution in [0.15, 0.2) is 237 Å². The second-order valence-electron chi connectivity index (χ2n) is 16.2. The van der Waals surface area contributed by atoms with Gasteiger partial charge in [0.05, 0.1) is 6.04 Å². The Morgan fingerprint density at radius 1 is 0.328 bits per heavy atom. The summed E-state index contributed by atoms with van der Waals surface area (Å²) in [5.74, 6) is 0.321. The molecule has 10 aromatic carbocycles. The maximum atomic E-state index is 2.52. The van der Waals surface area contributed by atoms with E-state index in [1.54, 1.807) is 0 Å². The number of nitrogens with zero attached hydrogens (tertiary/aromatic N) is 2. The van der Waals surface area contributed by atoms with E-state index in [1.165, 1.54) is 71.0 Å². The Morgan fingerprint density at radius 2 is 0.770 bits per heavy atom. The largest absolute Gasteiger partial charge is 0.334 e. The Labute approximate surface area is 357 Å². The molecule has 0 spiro atoms. The maximum Gasteiger partial charge on any atom is 0.0585 e. The van der Waals surface area contributed by atoms with E-state index in [0.717, 1.165) is 22.7 Å². The van der Waals surface area contributed by atoms with Crippen molar-refractivity contribution in [2.45, 2.75) is 13.0 Å².